The predicted molar refractivity (Wildman–Crippen MR) is 176 cm³/mol. The Morgan fingerprint density at radius 2 is 1.43 bits per heavy atom. The summed E-state index contributed by atoms with van der Waals surface area (Å²) in [7, 11) is 0. The summed E-state index contributed by atoms with van der Waals surface area (Å²) in [6.45, 7) is 1.18. The van der Waals surface area contributed by atoms with E-state index >= 15 is 0 Å². The lowest BCUT2D eigenvalue weighted by atomic mass is 9.82. The Bertz CT molecular complexity index is 1450. The van der Waals surface area contributed by atoms with E-state index in [0.29, 0.717) is 40.4 Å². The highest BCUT2D eigenvalue weighted by atomic mass is 35.5. The number of anilines is 1. The Morgan fingerprint density at radius 1 is 0.830 bits per heavy atom. The fourth-order valence-electron chi connectivity index (χ4n) is 7.14. The quantitative estimate of drug-likeness (QED) is 0.290. The molecule has 1 N–H and O–H groups in total. The number of carbonyl (C=O) groups excluding carboxylic acids is 2. The molecule has 252 valence electrons. The lowest BCUT2D eigenvalue weighted by Gasteiger charge is -2.38. The summed E-state index contributed by atoms with van der Waals surface area (Å²) >= 11 is 6.70. The highest BCUT2D eigenvalue weighted by Crippen LogP contribution is 2.34. The first kappa shape index (κ1) is 34.7. The van der Waals surface area contributed by atoms with Crippen LogP contribution in [0.15, 0.2) is 73.1 Å². The van der Waals surface area contributed by atoms with Crippen LogP contribution in [0.1, 0.15) is 72.0 Å². The molecule has 2 aromatic carbocycles. The van der Waals surface area contributed by atoms with Gasteiger partial charge in [0.1, 0.15) is 0 Å². The van der Waals surface area contributed by atoms with Crippen molar-refractivity contribution >= 4 is 29.1 Å². The highest BCUT2D eigenvalue weighted by molar-refractivity contribution is 6.34. The van der Waals surface area contributed by atoms with E-state index in [4.69, 9.17) is 11.6 Å². The lowest BCUT2D eigenvalue weighted by Crippen LogP contribution is -2.42. The van der Waals surface area contributed by atoms with Gasteiger partial charge in [0.15, 0.2) is 6.10 Å². The third kappa shape index (κ3) is 9.26. The number of likely N-dealkylation sites (tertiary alicyclic amines) is 2. The van der Waals surface area contributed by atoms with Gasteiger partial charge in [-0.3, -0.25) is 14.6 Å². The van der Waals surface area contributed by atoms with E-state index in [2.05, 4.69) is 9.88 Å². The molecule has 6 rings (SSSR count). The van der Waals surface area contributed by atoms with Gasteiger partial charge in [-0.15, -0.1) is 0 Å². The first-order valence-electron chi connectivity index (χ1n) is 16.4. The zero-order valence-corrected chi connectivity index (χ0v) is 27.1. The number of aromatic nitrogens is 1. The van der Waals surface area contributed by atoms with Gasteiger partial charge in [0, 0.05) is 63.3 Å². The maximum absolute atomic E-state index is 13.3. The largest absolute Gasteiger partial charge is 0.379 e. The average Bonchev–Trinajstić information content (AvgIpc) is 3.59. The van der Waals surface area contributed by atoms with Crippen molar-refractivity contribution in [3.8, 4) is 0 Å². The number of rotatable bonds is 7. The van der Waals surface area contributed by atoms with Crippen LogP contribution in [0.2, 0.25) is 5.02 Å². The van der Waals surface area contributed by atoms with Crippen LogP contribution in [-0.2, 0) is 4.79 Å². The van der Waals surface area contributed by atoms with Crippen molar-refractivity contribution in [2.45, 2.75) is 57.2 Å². The number of benzene rings is 2. The smallest absolute Gasteiger partial charge is 0.378 e. The molecule has 4 heterocycles. The predicted octanol–water partition coefficient (Wildman–Crippen LogP) is 7.12. The van der Waals surface area contributed by atoms with Crippen LogP contribution in [-0.4, -0.2) is 77.7 Å². The number of pyridine rings is 1. The van der Waals surface area contributed by atoms with Crippen LogP contribution >= 0.6 is 11.6 Å². The topological polar surface area (TPSA) is 77.0 Å². The Labute approximate surface area is 279 Å². The Balaban J connectivity index is 0.00000103. The maximum Gasteiger partial charge on any atom is 0.379 e. The van der Waals surface area contributed by atoms with Crippen molar-refractivity contribution in [2.75, 3.05) is 44.2 Å². The van der Waals surface area contributed by atoms with Crippen LogP contribution in [0.5, 0.6) is 0 Å². The molecule has 0 aliphatic carbocycles. The van der Waals surface area contributed by atoms with Gasteiger partial charge < -0.3 is 19.8 Å². The van der Waals surface area contributed by atoms with Gasteiger partial charge in [-0.1, -0.05) is 41.9 Å². The average molecular weight is 671 g/mol. The van der Waals surface area contributed by atoms with Crippen molar-refractivity contribution < 1.29 is 27.9 Å². The van der Waals surface area contributed by atoms with Gasteiger partial charge in [-0.25, -0.2) is 0 Å². The van der Waals surface area contributed by atoms with Gasteiger partial charge in [0.25, 0.3) is 11.8 Å². The zero-order valence-electron chi connectivity index (χ0n) is 26.4. The monoisotopic (exact) mass is 670 g/mol. The van der Waals surface area contributed by atoms with E-state index in [-0.39, 0.29) is 11.8 Å². The number of amides is 2. The van der Waals surface area contributed by atoms with Crippen LogP contribution in [0.25, 0.3) is 0 Å². The zero-order chi connectivity index (χ0) is 33.3. The number of aliphatic hydroxyl groups excluding tert-OH is 1. The molecule has 0 radical (unpaired) electrons. The molecule has 1 unspecified atom stereocenters. The molecule has 2 atom stereocenters. The summed E-state index contributed by atoms with van der Waals surface area (Å²) in [5.74, 6) is 1.47. The molecule has 3 aliphatic rings. The number of carbonyl (C=O) groups is 2. The molecule has 3 aromatic rings. The third-order valence-corrected chi connectivity index (χ3v) is 10.1. The minimum absolute atomic E-state index is 0.00846. The molecule has 3 fully saturated rings. The molecule has 2 amide bonds. The number of piperidine rings is 2. The molecule has 47 heavy (non-hydrogen) atoms. The maximum atomic E-state index is 13.3. The van der Waals surface area contributed by atoms with Crippen LogP contribution < -0.4 is 4.90 Å². The first-order valence-corrected chi connectivity index (χ1v) is 16.7. The second-order valence-corrected chi connectivity index (χ2v) is 13.1. The van der Waals surface area contributed by atoms with Crippen molar-refractivity contribution in [2.24, 2.45) is 11.8 Å². The van der Waals surface area contributed by atoms with Crippen molar-refractivity contribution in [1.29, 1.82) is 0 Å². The third-order valence-electron chi connectivity index (χ3n) is 9.76. The Kier molecular flexibility index (Phi) is 12.2. The normalized spacial score (nSPS) is 19.8. The molecule has 3 aliphatic heterocycles. The number of hydrogen-bond donors (Lipinski definition) is 1. The second-order valence-electron chi connectivity index (χ2n) is 12.7. The molecule has 0 spiro atoms. The van der Waals surface area contributed by atoms with E-state index in [1.54, 1.807) is 12.1 Å². The van der Waals surface area contributed by atoms with Gasteiger partial charge in [0.2, 0.25) is 0 Å². The van der Waals surface area contributed by atoms with E-state index in [1.165, 1.54) is 12.0 Å². The van der Waals surface area contributed by atoms with E-state index in [0.717, 1.165) is 70.5 Å². The molecular formula is C36H42ClF3N4O3. The fraction of sp³-hybridized carbons (Fsp3) is 0.472. The highest BCUT2D eigenvalue weighted by Gasteiger charge is 2.31. The van der Waals surface area contributed by atoms with Crippen molar-refractivity contribution in [1.82, 2.24) is 14.8 Å². The molecule has 1 aromatic heterocycles. The SMILES string of the molecule is FC(F)F.O=C(c1ccc(N2CCC(CC3CCN(C(=O)[C@H](O)c4ccccc4)CC3)CC2)cc1Cl)N1CCC(c2ccncc2)C1. The van der Waals surface area contributed by atoms with Crippen LogP contribution in [0.3, 0.4) is 0 Å². The summed E-state index contributed by atoms with van der Waals surface area (Å²) in [6, 6.07) is 19.2. The summed E-state index contributed by atoms with van der Waals surface area (Å²) in [5.41, 5.74) is 3.55. The summed E-state index contributed by atoms with van der Waals surface area (Å²) < 4.78 is 29.0. The molecule has 0 bridgehead atoms. The summed E-state index contributed by atoms with van der Waals surface area (Å²) in [5, 5.41) is 11.0. The summed E-state index contributed by atoms with van der Waals surface area (Å²) in [4.78, 5) is 36.4. The second kappa shape index (κ2) is 16.5. The van der Waals surface area contributed by atoms with E-state index in [9.17, 15) is 27.9 Å². The fourth-order valence-corrected chi connectivity index (χ4v) is 7.39. The molecule has 3 saturated heterocycles. The number of hydrogen-bond acceptors (Lipinski definition) is 5. The number of alkyl halides is 3. The van der Waals surface area contributed by atoms with Crippen molar-refractivity contribution in [3.05, 3.63) is 94.8 Å². The van der Waals surface area contributed by atoms with Gasteiger partial charge in [-0.05, 0) is 91.8 Å². The Morgan fingerprint density at radius 3 is 2.04 bits per heavy atom. The number of aliphatic hydroxyl groups is 1. The number of halogens is 4. The molecule has 7 nitrogen and oxygen atoms in total. The van der Waals surface area contributed by atoms with Gasteiger partial charge in [0.05, 0.1) is 10.6 Å². The molecule has 11 heteroatoms. The molecule has 0 saturated carbocycles. The first-order chi connectivity index (χ1) is 22.7. The minimum Gasteiger partial charge on any atom is -0.378 e. The van der Waals surface area contributed by atoms with Gasteiger partial charge >= 0.3 is 6.68 Å². The minimum atomic E-state index is -3.67. The Hall–Kier alpha value is -3.63. The number of nitrogens with zero attached hydrogens (tertiary/aromatic N) is 4. The standard InChI is InChI=1S/C35H41ClN4O3.CHF3/c36-32-23-30(6-7-31(32)34(42)40-21-14-29(24-40)27-8-15-37-16-9-27)38-17-10-25(11-18-38)22-26-12-19-39(20-13-26)35(43)33(41)28-4-2-1-3-5-28;2-1(3)4/h1-9,15-16,23,25-26,29,33,41H,10-14,17-22,24H2;1H/t29?,33-;/m1./s1. The lowest BCUT2D eigenvalue weighted by molar-refractivity contribution is -0.142. The summed E-state index contributed by atoms with van der Waals surface area (Å²) in [6.07, 6.45) is 8.96. The van der Waals surface area contributed by atoms with Gasteiger partial charge in [-0.2, -0.15) is 13.2 Å². The van der Waals surface area contributed by atoms with Crippen molar-refractivity contribution in [3.63, 3.8) is 0 Å². The van der Waals surface area contributed by atoms with E-state index in [1.807, 2.05) is 70.7 Å². The van der Waals surface area contributed by atoms with Crippen LogP contribution in [0, 0.1) is 11.8 Å². The van der Waals surface area contributed by atoms with Crippen LogP contribution in [0.4, 0.5) is 18.9 Å². The molecular weight excluding hydrogens is 629 g/mol. The van der Waals surface area contributed by atoms with E-state index < -0.39 is 12.8 Å².